The fourth-order valence-corrected chi connectivity index (χ4v) is 2.72. The summed E-state index contributed by atoms with van der Waals surface area (Å²) in [4.78, 5) is 4.92. The monoisotopic (exact) mass is 302 g/mol. The molecule has 0 saturated carbocycles. The molecule has 0 radical (unpaired) electrons. The van der Waals surface area contributed by atoms with Crippen molar-refractivity contribution in [2.24, 2.45) is 0 Å². The third-order valence-corrected chi connectivity index (χ3v) is 3.84. The molecule has 3 rings (SSSR count). The molecule has 0 aliphatic carbocycles. The van der Waals surface area contributed by atoms with Crippen LogP contribution < -0.4 is 0 Å². The van der Waals surface area contributed by atoms with E-state index in [1.54, 1.807) is 11.4 Å². The molecule has 0 aliphatic heterocycles. The number of aromatic nitrogens is 2. The van der Waals surface area contributed by atoms with Crippen LogP contribution in [0.4, 0.5) is 0 Å². The smallest absolute Gasteiger partial charge is 0.271 e. The van der Waals surface area contributed by atoms with Gasteiger partial charge in [0, 0.05) is 6.61 Å². The van der Waals surface area contributed by atoms with Gasteiger partial charge in [-0.1, -0.05) is 35.5 Å². The van der Waals surface area contributed by atoms with Crippen LogP contribution in [0.1, 0.15) is 24.4 Å². The van der Waals surface area contributed by atoms with Crippen LogP contribution >= 0.6 is 11.3 Å². The SMILES string of the molecule is CCOC(c1ccccc1)c1noc(-c2sccc2O)n1. The van der Waals surface area contributed by atoms with Crippen molar-refractivity contribution in [3.8, 4) is 16.5 Å². The molecule has 0 spiro atoms. The van der Waals surface area contributed by atoms with Crippen molar-refractivity contribution in [3.63, 3.8) is 0 Å². The van der Waals surface area contributed by atoms with Gasteiger partial charge in [-0.2, -0.15) is 4.98 Å². The normalized spacial score (nSPS) is 12.4. The molecule has 0 fully saturated rings. The van der Waals surface area contributed by atoms with Crippen molar-refractivity contribution in [1.82, 2.24) is 10.1 Å². The Balaban J connectivity index is 1.94. The van der Waals surface area contributed by atoms with Crippen molar-refractivity contribution >= 4 is 11.3 Å². The fraction of sp³-hybridized carbons (Fsp3) is 0.200. The molecule has 1 atom stereocenters. The van der Waals surface area contributed by atoms with Gasteiger partial charge in [-0.25, -0.2) is 0 Å². The molecule has 5 nitrogen and oxygen atoms in total. The lowest BCUT2D eigenvalue weighted by molar-refractivity contribution is 0.0833. The van der Waals surface area contributed by atoms with Crippen LogP contribution in [0.25, 0.3) is 10.8 Å². The molecule has 1 N–H and O–H groups in total. The van der Waals surface area contributed by atoms with Gasteiger partial charge in [0.2, 0.25) is 5.82 Å². The lowest BCUT2D eigenvalue weighted by Gasteiger charge is -2.13. The Hall–Kier alpha value is -2.18. The highest BCUT2D eigenvalue weighted by Crippen LogP contribution is 2.34. The van der Waals surface area contributed by atoms with E-state index < -0.39 is 0 Å². The topological polar surface area (TPSA) is 68.4 Å². The number of nitrogens with zero attached hydrogens (tertiary/aromatic N) is 2. The molecule has 1 unspecified atom stereocenters. The molecule has 21 heavy (non-hydrogen) atoms. The van der Waals surface area contributed by atoms with E-state index in [0.717, 1.165) is 5.56 Å². The van der Waals surface area contributed by atoms with Crippen LogP contribution in [0.15, 0.2) is 46.3 Å². The number of thiophene rings is 1. The van der Waals surface area contributed by atoms with E-state index in [1.807, 2.05) is 37.3 Å². The molecule has 2 heterocycles. The lowest BCUT2D eigenvalue weighted by Crippen LogP contribution is -2.07. The maximum absolute atomic E-state index is 9.72. The van der Waals surface area contributed by atoms with E-state index in [4.69, 9.17) is 9.26 Å². The zero-order valence-corrected chi connectivity index (χ0v) is 12.2. The maximum atomic E-state index is 9.72. The second-order valence-electron chi connectivity index (χ2n) is 4.34. The minimum Gasteiger partial charge on any atom is -0.506 e. The first-order chi connectivity index (χ1) is 10.3. The van der Waals surface area contributed by atoms with E-state index in [9.17, 15) is 5.11 Å². The lowest BCUT2D eigenvalue weighted by atomic mass is 10.1. The summed E-state index contributed by atoms with van der Waals surface area (Å²) < 4.78 is 11.0. The van der Waals surface area contributed by atoms with Gasteiger partial charge < -0.3 is 14.4 Å². The van der Waals surface area contributed by atoms with E-state index >= 15 is 0 Å². The summed E-state index contributed by atoms with van der Waals surface area (Å²) in [7, 11) is 0. The summed E-state index contributed by atoms with van der Waals surface area (Å²) in [6, 6.07) is 11.3. The van der Waals surface area contributed by atoms with Crippen LogP contribution in [0, 0.1) is 0 Å². The molecule has 0 bridgehead atoms. The quantitative estimate of drug-likeness (QED) is 0.779. The standard InChI is InChI=1S/C15H14N2O3S/c1-2-19-12(10-6-4-3-5-7-10)14-16-15(20-17-14)13-11(18)8-9-21-13/h3-9,12,18H,2H2,1H3. The molecule has 0 amide bonds. The Bertz CT molecular complexity index is 709. The molecular formula is C15H14N2O3S. The summed E-state index contributed by atoms with van der Waals surface area (Å²) in [5.41, 5.74) is 0.960. The number of ether oxygens (including phenoxy) is 1. The van der Waals surface area contributed by atoms with Crippen molar-refractivity contribution in [1.29, 1.82) is 0 Å². The minimum absolute atomic E-state index is 0.142. The summed E-state index contributed by atoms with van der Waals surface area (Å²) in [6.45, 7) is 2.45. The van der Waals surface area contributed by atoms with E-state index in [2.05, 4.69) is 10.1 Å². The Kier molecular flexibility index (Phi) is 3.98. The van der Waals surface area contributed by atoms with Crippen LogP contribution in [-0.2, 0) is 4.74 Å². The van der Waals surface area contributed by atoms with Gasteiger partial charge in [-0.15, -0.1) is 11.3 Å². The van der Waals surface area contributed by atoms with E-state index in [1.165, 1.54) is 11.3 Å². The summed E-state index contributed by atoms with van der Waals surface area (Å²) in [5.74, 6) is 0.895. The Labute approximate surface area is 125 Å². The molecule has 0 saturated heterocycles. The van der Waals surface area contributed by atoms with Gasteiger partial charge in [0.15, 0.2) is 0 Å². The van der Waals surface area contributed by atoms with Crippen LogP contribution in [0.2, 0.25) is 0 Å². The molecule has 0 aliphatic rings. The molecule has 1 aromatic carbocycles. The van der Waals surface area contributed by atoms with Gasteiger partial charge in [0.25, 0.3) is 5.89 Å². The first-order valence-corrected chi connectivity index (χ1v) is 7.44. The Morgan fingerprint density at radius 1 is 1.29 bits per heavy atom. The number of hydrogen-bond acceptors (Lipinski definition) is 6. The van der Waals surface area contributed by atoms with Crippen molar-refractivity contribution < 1.29 is 14.4 Å². The largest absolute Gasteiger partial charge is 0.506 e. The second-order valence-corrected chi connectivity index (χ2v) is 5.25. The molecular weight excluding hydrogens is 288 g/mol. The Morgan fingerprint density at radius 2 is 2.10 bits per heavy atom. The average Bonchev–Trinajstić information content (AvgIpc) is 3.14. The van der Waals surface area contributed by atoms with Gasteiger partial charge in [-0.3, -0.25) is 0 Å². The highest BCUT2D eigenvalue weighted by molar-refractivity contribution is 7.13. The van der Waals surface area contributed by atoms with Crippen LogP contribution in [-0.4, -0.2) is 21.9 Å². The third kappa shape index (κ3) is 2.81. The fourth-order valence-electron chi connectivity index (χ4n) is 2.01. The number of rotatable bonds is 5. The average molecular weight is 302 g/mol. The molecule has 2 aromatic heterocycles. The summed E-state index contributed by atoms with van der Waals surface area (Å²) >= 11 is 1.35. The summed E-state index contributed by atoms with van der Waals surface area (Å²) in [5, 5.41) is 15.5. The molecule has 3 aromatic rings. The van der Waals surface area contributed by atoms with Gasteiger partial charge in [-0.05, 0) is 23.9 Å². The van der Waals surface area contributed by atoms with Gasteiger partial charge in [0.1, 0.15) is 16.7 Å². The maximum Gasteiger partial charge on any atom is 0.271 e. The van der Waals surface area contributed by atoms with Crippen molar-refractivity contribution in [2.45, 2.75) is 13.0 Å². The van der Waals surface area contributed by atoms with E-state index in [0.29, 0.717) is 23.2 Å². The highest BCUT2D eigenvalue weighted by Gasteiger charge is 2.22. The Morgan fingerprint density at radius 3 is 2.76 bits per heavy atom. The predicted molar refractivity (Wildman–Crippen MR) is 79.2 cm³/mol. The number of aromatic hydroxyl groups is 1. The van der Waals surface area contributed by atoms with E-state index in [-0.39, 0.29) is 11.9 Å². The van der Waals surface area contributed by atoms with Gasteiger partial charge in [0.05, 0.1) is 0 Å². The first kappa shape index (κ1) is 13.8. The van der Waals surface area contributed by atoms with Gasteiger partial charge >= 0.3 is 0 Å². The second kappa shape index (κ2) is 6.07. The van der Waals surface area contributed by atoms with Crippen LogP contribution in [0.3, 0.4) is 0 Å². The summed E-state index contributed by atoms with van der Waals surface area (Å²) in [6.07, 6.45) is -0.379. The molecule has 6 heteroatoms. The van der Waals surface area contributed by atoms with Crippen molar-refractivity contribution in [3.05, 3.63) is 53.2 Å². The van der Waals surface area contributed by atoms with Crippen molar-refractivity contribution in [2.75, 3.05) is 6.61 Å². The third-order valence-electron chi connectivity index (χ3n) is 2.95. The number of hydrogen-bond donors (Lipinski definition) is 1. The molecule has 108 valence electrons. The predicted octanol–water partition coefficient (Wildman–Crippen LogP) is 3.63. The van der Waals surface area contributed by atoms with Crippen LogP contribution in [0.5, 0.6) is 5.75 Å². The zero-order chi connectivity index (χ0) is 14.7. The zero-order valence-electron chi connectivity index (χ0n) is 11.4. The number of benzene rings is 1. The minimum atomic E-state index is -0.379. The highest BCUT2D eigenvalue weighted by atomic mass is 32.1. The first-order valence-electron chi connectivity index (χ1n) is 6.56.